The second-order valence-corrected chi connectivity index (χ2v) is 6.94. The maximum atomic E-state index is 11.1. The molecule has 7 nitrogen and oxygen atoms in total. The molecule has 0 atom stereocenters. The largest absolute Gasteiger partial charge is 0.480 e. The van der Waals surface area contributed by atoms with Crippen LogP contribution < -0.4 is 15.4 Å². The molecule has 2 aromatic rings. The first-order valence-corrected chi connectivity index (χ1v) is 8.80. The van der Waals surface area contributed by atoms with E-state index < -0.39 is 5.91 Å². The molecule has 0 radical (unpaired) electrons. The van der Waals surface area contributed by atoms with E-state index in [1.165, 1.54) is 11.8 Å². The van der Waals surface area contributed by atoms with Crippen molar-refractivity contribution >= 4 is 23.6 Å². The number of rotatable bonds is 5. The summed E-state index contributed by atoms with van der Waals surface area (Å²) >= 11 is 1.49. The van der Waals surface area contributed by atoms with Crippen LogP contribution in [0.3, 0.4) is 0 Å². The highest BCUT2D eigenvalue weighted by molar-refractivity contribution is 7.99. The lowest BCUT2D eigenvalue weighted by atomic mass is 10.2. The van der Waals surface area contributed by atoms with Crippen molar-refractivity contribution in [3.63, 3.8) is 0 Å². The average molecular weight is 359 g/mol. The van der Waals surface area contributed by atoms with Crippen LogP contribution in [0.4, 0.5) is 5.95 Å². The Morgan fingerprint density at radius 2 is 1.88 bits per heavy atom. The lowest BCUT2D eigenvalue weighted by Gasteiger charge is -2.32. The number of piperazine rings is 1. The number of hydrogen-bond donors (Lipinski definition) is 1. The second kappa shape index (κ2) is 7.71. The molecule has 0 unspecified atom stereocenters. The van der Waals surface area contributed by atoms with Gasteiger partial charge in [0.1, 0.15) is 0 Å². The molecule has 132 valence electrons. The van der Waals surface area contributed by atoms with E-state index in [0.717, 1.165) is 36.0 Å². The van der Waals surface area contributed by atoms with Crippen LogP contribution in [-0.4, -0.2) is 61.1 Å². The van der Waals surface area contributed by atoms with Crippen LogP contribution in [0.5, 0.6) is 5.88 Å². The summed E-state index contributed by atoms with van der Waals surface area (Å²) in [4.78, 5) is 26.4. The summed E-state index contributed by atoms with van der Waals surface area (Å²) in [5.74, 6) is 0.806. The monoisotopic (exact) mass is 359 g/mol. The van der Waals surface area contributed by atoms with E-state index in [1.807, 2.05) is 12.1 Å². The van der Waals surface area contributed by atoms with Crippen molar-refractivity contribution in [2.45, 2.75) is 9.79 Å². The van der Waals surface area contributed by atoms with Crippen molar-refractivity contribution in [3.05, 3.63) is 36.0 Å². The summed E-state index contributed by atoms with van der Waals surface area (Å²) < 4.78 is 5.45. The van der Waals surface area contributed by atoms with E-state index in [2.05, 4.69) is 26.8 Å². The Morgan fingerprint density at radius 3 is 2.48 bits per heavy atom. The van der Waals surface area contributed by atoms with Crippen LogP contribution in [0.1, 0.15) is 10.4 Å². The smallest absolute Gasteiger partial charge is 0.248 e. The maximum absolute atomic E-state index is 11.1. The van der Waals surface area contributed by atoms with Gasteiger partial charge < -0.3 is 20.3 Å². The van der Waals surface area contributed by atoms with Gasteiger partial charge in [0.15, 0.2) is 0 Å². The Labute approximate surface area is 151 Å². The lowest BCUT2D eigenvalue weighted by molar-refractivity contribution is 0.1000. The minimum Gasteiger partial charge on any atom is -0.480 e. The van der Waals surface area contributed by atoms with Gasteiger partial charge in [0.25, 0.3) is 0 Å². The van der Waals surface area contributed by atoms with Crippen molar-refractivity contribution in [2.75, 3.05) is 45.2 Å². The molecule has 0 bridgehead atoms. The van der Waals surface area contributed by atoms with E-state index in [-0.39, 0.29) is 0 Å². The first-order chi connectivity index (χ1) is 12.1. The SMILES string of the molecule is COc1nc(N2CCN(C)CC2)ncc1Sc1ccc(C(N)=O)cc1. The standard InChI is InChI=1S/C17H21N5O2S/c1-21-7-9-22(10-8-21)17-19-11-14(16(20-17)24-2)25-13-5-3-12(4-6-13)15(18)23/h3-6,11H,7-10H2,1-2H3,(H2,18,23). The van der Waals surface area contributed by atoms with E-state index in [1.54, 1.807) is 25.4 Å². The van der Waals surface area contributed by atoms with Crippen molar-refractivity contribution in [3.8, 4) is 5.88 Å². The number of aromatic nitrogens is 2. The summed E-state index contributed by atoms with van der Waals surface area (Å²) in [6.07, 6.45) is 1.78. The minimum atomic E-state index is -0.436. The number of primary amides is 1. The van der Waals surface area contributed by atoms with Gasteiger partial charge in [0, 0.05) is 36.6 Å². The van der Waals surface area contributed by atoms with Crippen LogP contribution in [-0.2, 0) is 0 Å². The molecule has 1 aliphatic heterocycles. The van der Waals surface area contributed by atoms with E-state index in [0.29, 0.717) is 17.4 Å². The van der Waals surface area contributed by atoms with Crippen molar-refractivity contribution < 1.29 is 9.53 Å². The number of nitrogens with two attached hydrogens (primary N) is 1. The lowest BCUT2D eigenvalue weighted by Crippen LogP contribution is -2.45. The highest BCUT2D eigenvalue weighted by atomic mass is 32.2. The Bertz CT molecular complexity index is 745. The molecule has 1 aromatic carbocycles. The fraction of sp³-hybridized carbons (Fsp3) is 0.353. The van der Waals surface area contributed by atoms with Crippen LogP contribution in [0.15, 0.2) is 40.3 Å². The summed E-state index contributed by atoms with van der Waals surface area (Å²) in [6, 6.07) is 7.10. The Morgan fingerprint density at radius 1 is 1.20 bits per heavy atom. The van der Waals surface area contributed by atoms with Gasteiger partial charge in [-0.3, -0.25) is 4.79 Å². The highest BCUT2D eigenvalue weighted by Gasteiger charge is 2.18. The zero-order chi connectivity index (χ0) is 17.8. The molecule has 2 N–H and O–H groups in total. The third-order valence-electron chi connectivity index (χ3n) is 4.06. The zero-order valence-corrected chi connectivity index (χ0v) is 15.1. The number of anilines is 1. The van der Waals surface area contributed by atoms with Crippen LogP contribution in [0.2, 0.25) is 0 Å². The molecule has 1 aromatic heterocycles. The fourth-order valence-electron chi connectivity index (χ4n) is 2.54. The third-order valence-corrected chi connectivity index (χ3v) is 5.06. The molecule has 0 spiro atoms. The number of amides is 1. The second-order valence-electron chi connectivity index (χ2n) is 5.82. The maximum Gasteiger partial charge on any atom is 0.248 e. The Kier molecular flexibility index (Phi) is 5.40. The topological polar surface area (TPSA) is 84.6 Å². The van der Waals surface area contributed by atoms with Gasteiger partial charge in [-0.1, -0.05) is 11.8 Å². The molecule has 1 amide bonds. The summed E-state index contributed by atoms with van der Waals surface area (Å²) in [7, 11) is 3.72. The molecule has 2 heterocycles. The van der Waals surface area contributed by atoms with Gasteiger partial charge in [-0.15, -0.1) is 0 Å². The zero-order valence-electron chi connectivity index (χ0n) is 14.3. The normalized spacial score (nSPS) is 15.2. The van der Waals surface area contributed by atoms with Crippen LogP contribution in [0.25, 0.3) is 0 Å². The molecular weight excluding hydrogens is 338 g/mol. The van der Waals surface area contributed by atoms with Gasteiger partial charge in [-0.2, -0.15) is 4.98 Å². The van der Waals surface area contributed by atoms with Gasteiger partial charge in [-0.05, 0) is 31.3 Å². The molecule has 3 rings (SSSR count). The molecule has 1 fully saturated rings. The van der Waals surface area contributed by atoms with E-state index in [9.17, 15) is 4.79 Å². The third kappa shape index (κ3) is 4.21. The minimum absolute atomic E-state index is 0.436. The summed E-state index contributed by atoms with van der Waals surface area (Å²) in [5, 5.41) is 0. The van der Waals surface area contributed by atoms with Gasteiger partial charge in [0.2, 0.25) is 17.7 Å². The van der Waals surface area contributed by atoms with E-state index in [4.69, 9.17) is 10.5 Å². The van der Waals surface area contributed by atoms with E-state index >= 15 is 0 Å². The van der Waals surface area contributed by atoms with Gasteiger partial charge >= 0.3 is 0 Å². The summed E-state index contributed by atoms with van der Waals surface area (Å²) in [6.45, 7) is 3.80. The Hall–Kier alpha value is -2.32. The van der Waals surface area contributed by atoms with Crippen molar-refractivity contribution in [1.82, 2.24) is 14.9 Å². The molecule has 1 aliphatic rings. The summed E-state index contributed by atoms with van der Waals surface area (Å²) in [5.41, 5.74) is 5.75. The van der Waals surface area contributed by atoms with Crippen LogP contribution in [0, 0.1) is 0 Å². The van der Waals surface area contributed by atoms with Crippen LogP contribution >= 0.6 is 11.8 Å². The number of hydrogen-bond acceptors (Lipinski definition) is 7. The predicted octanol–water partition coefficient (Wildman–Crippen LogP) is 1.49. The Balaban J connectivity index is 1.76. The van der Waals surface area contributed by atoms with Crippen molar-refractivity contribution in [2.24, 2.45) is 5.73 Å². The highest BCUT2D eigenvalue weighted by Crippen LogP contribution is 2.34. The average Bonchev–Trinajstić information content (AvgIpc) is 2.63. The number of carbonyl (C=O) groups is 1. The first kappa shape index (κ1) is 17.5. The molecule has 8 heteroatoms. The molecular formula is C17H21N5O2S. The van der Waals surface area contributed by atoms with Crippen molar-refractivity contribution in [1.29, 1.82) is 0 Å². The van der Waals surface area contributed by atoms with Gasteiger partial charge in [0.05, 0.1) is 18.2 Å². The molecule has 0 aliphatic carbocycles. The molecule has 25 heavy (non-hydrogen) atoms. The molecule has 1 saturated heterocycles. The number of benzene rings is 1. The number of methoxy groups -OCH3 is 1. The number of carbonyl (C=O) groups excluding carboxylic acids is 1. The van der Waals surface area contributed by atoms with Gasteiger partial charge in [-0.25, -0.2) is 4.98 Å². The predicted molar refractivity (Wildman–Crippen MR) is 97.4 cm³/mol. The molecule has 0 saturated carbocycles. The number of ether oxygens (including phenoxy) is 1. The first-order valence-electron chi connectivity index (χ1n) is 7.99. The number of likely N-dealkylation sites (N-methyl/N-ethyl adjacent to an activating group) is 1. The number of nitrogens with zero attached hydrogens (tertiary/aromatic N) is 4. The fourth-order valence-corrected chi connectivity index (χ4v) is 3.38. The quantitative estimate of drug-likeness (QED) is 0.866.